The molecule has 0 unspecified atom stereocenters. The Kier molecular flexibility index (Phi) is 6.31. The molecule has 1 aliphatic rings. The maximum Gasteiger partial charge on any atom is 0.338 e. The van der Waals surface area contributed by atoms with Gasteiger partial charge in [-0.3, -0.25) is 4.79 Å². The second-order valence-corrected chi connectivity index (χ2v) is 7.47. The van der Waals surface area contributed by atoms with Gasteiger partial charge in [0.25, 0.3) is 0 Å². The SMILES string of the molecule is C=C(C)C(=O)Oc1ccc(C(=O)c2ccc(OC(=O)C(=C)C)c3c2CCCC3)cc1. The van der Waals surface area contributed by atoms with Crippen molar-refractivity contribution in [3.05, 3.63) is 83.0 Å². The molecule has 0 radical (unpaired) electrons. The summed E-state index contributed by atoms with van der Waals surface area (Å²) >= 11 is 0. The molecule has 0 bridgehead atoms. The van der Waals surface area contributed by atoms with Gasteiger partial charge in [0.2, 0.25) is 0 Å². The van der Waals surface area contributed by atoms with Crippen molar-refractivity contribution in [3.63, 3.8) is 0 Å². The van der Waals surface area contributed by atoms with Crippen molar-refractivity contribution in [2.75, 3.05) is 0 Å². The van der Waals surface area contributed by atoms with Crippen LogP contribution in [0.3, 0.4) is 0 Å². The first-order valence-electron chi connectivity index (χ1n) is 9.83. The molecule has 0 N–H and O–H groups in total. The Labute approximate surface area is 176 Å². The maximum absolute atomic E-state index is 13.2. The van der Waals surface area contributed by atoms with Crippen molar-refractivity contribution in [1.82, 2.24) is 0 Å². The molecule has 1 aliphatic carbocycles. The van der Waals surface area contributed by atoms with Crippen molar-refractivity contribution >= 4 is 17.7 Å². The summed E-state index contributed by atoms with van der Waals surface area (Å²) in [6, 6.07) is 9.83. The Morgan fingerprint density at radius 1 is 0.767 bits per heavy atom. The molecule has 0 aliphatic heterocycles. The van der Waals surface area contributed by atoms with Crippen LogP contribution in [0.15, 0.2) is 60.7 Å². The lowest BCUT2D eigenvalue weighted by molar-refractivity contribution is -0.131. The molecule has 0 spiro atoms. The van der Waals surface area contributed by atoms with E-state index >= 15 is 0 Å². The highest BCUT2D eigenvalue weighted by molar-refractivity contribution is 6.10. The summed E-state index contributed by atoms with van der Waals surface area (Å²) in [5.74, 6) is -0.256. The van der Waals surface area contributed by atoms with E-state index in [1.165, 1.54) is 0 Å². The topological polar surface area (TPSA) is 69.7 Å². The second kappa shape index (κ2) is 8.91. The van der Waals surface area contributed by atoms with Gasteiger partial charge in [0, 0.05) is 22.3 Å². The fraction of sp³-hybridized carbons (Fsp3) is 0.240. The van der Waals surface area contributed by atoms with Gasteiger partial charge in [-0.05, 0) is 87.1 Å². The number of hydrogen-bond acceptors (Lipinski definition) is 5. The molecule has 0 heterocycles. The van der Waals surface area contributed by atoms with Crippen molar-refractivity contribution in [2.24, 2.45) is 0 Å². The lowest BCUT2D eigenvalue weighted by Gasteiger charge is -2.22. The third-order valence-electron chi connectivity index (χ3n) is 4.96. The van der Waals surface area contributed by atoms with Crippen LogP contribution in [0.4, 0.5) is 0 Å². The van der Waals surface area contributed by atoms with Gasteiger partial charge in [-0.15, -0.1) is 0 Å². The van der Waals surface area contributed by atoms with Crippen molar-refractivity contribution in [3.8, 4) is 11.5 Å². The van der Waals surface area contributed by atoms with Gasteiger partial charge in [0.1, 0.15) is 11.5 Å². The number of benzene rings is 2. The summed E-state index contributed by atoms with van der Waals surface area (Å²) in [5, 5.41) is 0. The van der Waals surface area contributed by atoms with E-state index in [0.29, 0.717) is 33.8 Å². The molecule has 2 aromatic carbocycles. The zero-order valence-corrected chi connectivity index (χ0v) is 17.2. The van der Waals surface area contributed by atoms with Gasteiger partial charge in [0.05, 0.1) is 0 Å². The standard InChI is InChI=1S/C25H24O5/c1-15(2)24(27)29-18-11-9-17(10-12-18)23(26)21-13-14-22(30-25(28)16(3)4)20-8-6-5-7-19(20)21/h9-14H,1,3,5-8H2,2,4H3. The molecule has 2 aromatic rings. The fourth-order valence-electron chi connectivity index (χ4n) is 3.35. The van der Waals surface area contributed by atoms with Crippen LogP contribution in [-0.4, -0.2) is 17.7 Å². The molecule has 3 rings (SSSR count). The lowest BCUT2D eigenvalue weighted by atomic mass is 9.85. The van der Waals surface area contributed by atoms with E-state index in [1.54, 1.807) is 50.2 Å². The molecule has 0 saturated carbocycles. The Morgan fingerprint density at radius 2 is 1.33 bits per heavy atom. The second-order valence-electron chi connectivity index (χ2n) is 7.47. The largest absolute Gasteiger partial charge is 0.423 e. The highest BCUT2D eigenvalue weighted by Crippen LogP contribution is 2.34. The quantitative estimate of drug-likeness (QED) is 0.300. The van der Waals surface area contributed by atoms with E-state index in [-0.39, 0.29) is 5.78 Å². The summed E-state index contributed by atoms with van der Waals surface area (Å²) < 4.78 is 10.7. The fourth-order valence-corrected chi connectivity index (χ4v) is 3.35. The van der Waals surface area contributed by atoms with Crippen LogP contribution in [0.25, 0.3) is 0 Å². The number of ketones is 1. The lowest BCUT2D eigenvalue weighted by Crippen LogP contribution is -2.16. The van der Waals surface area contributed by atoms with Gasteiger partial charge in [0.15, 0.2) is 5.78 Å². The molecule has 5 heteroatoms. The third-order valence-corrected chi connectivity index (χ3v) is 4.96. The van der Waals surface area contributed by atoms with Gasteiger partial charge in [-0.25, -0.2) is 9.59 Å². The molecule has 0 atom stereocenters. The number of carbonyl (C=O) groups is 3. The van der Waals surface area contributed by atoms with Gasteiger partial charge >= 0.3 is 11.9 Å². The number of hydrogen-bond donors (Lipinski definition) is 0. The van der Waals surface area contributed by atoms with Crippen LogP contribution in [0.1, 0.15) is 53.7 Å². The average molecular weight is 404 g/mol. The summed E-state index contributed by atoms with van der Waals surface area (Å²) in [4.78, 5) is 36.8. The van der Waals surface area contributed by atoms with E-state index in [1.807, 2.05) is 0 Å². The van der Waals surface area contributed by atoms with E-state index in [0.717, 1.165) is 36.8 Å². The molecule has 0 amide bonds. The van der Waals surface area contributed by atoms with Crippen molar-refractivity contribution in [1.29, 1.82) is 0 Å². The van der Waals surface area contributed by atoms with E-state index < -0.39 is 11.9 Å². The number of rotatable bonds is 6. The monoisotopic (exact) mass is 404 g/mol. The predicted octanol–water partition coefficient (Wildman–Crippen LogP) is 4.76. The normalized spacial score (nSPS) is 12.5. The predicted molar refractivity (Wildman–Crippen MR) is 114 cm³/mol. The Balaban J connectivity index is 1.89. The average Bonchev–Trinajstić information content (AvgIpc) is 2.73. The Morgan fingerprint density at radius 3 is 1.93 bits per heavy atom. The van der Waals surface area contributed by atoms with Crippen LogP contribution in [0.5, 0.6) is 11.5 Å². The van der Waals surface area contributed by atoms with Crippen LogP contribution in [-0.2, 0) is 22.4 Å². The van der Waals surface area contributed by atoms with E-state index in [9.17, 15) is 14.4 Å². The minimum absolute atomic E-state index is 0.122. The highest BCUT2D eigenvalue weighted by Gasteiger charge is 2.23. The summed E-state index contributed by atoms with van der Waals surface area (Å²) in [5.41, 5.74) is 3.56. The van der Waals surface area contributed by atoms with Gasteiger partial charge in [-0.1, -0.05) is 13.2 Å². The van der Waals surface area contributed by atoms with Crippen LogP contribution in [0.2, 0.25) is 0 Å². The van der Waals surface area contributed by atoms with Crippen LogP contribution in [0, 0.1) is 0 Å². The van der Waals surface area contributed by atoms with Gasteiger partial charge in [-0.2, -0.15) is 0 Å². The van der Waals surface area contributed by atoms with Gasteiger partial charge < -0.3 is 9.47 Å². The number of fused-ring (bicyclic) bond motifs is 1. The molecular formula is C25H24O5. The molecule has 30 heavy (non-hydrogen) atoms. The number of esters is 2. The van der Waals surface area contributed by atoms with Crippen LogP contribution >= 0.6 is 0 Å². The summed E-state index contributed by atoms with van der Waals surface area (Å²) in [6.07, 6.45) is 3.46. The molecule has 154 valence electrons. The minimum Gasteiger partial charge on any atom is -0.423 e. The first kappa shape index (κ1) is 21.2. The highest BCUT2D eigenvalue weighted by atomic mass is 16.5. The molecule has 5 nitrogen and oxygen atoms in total. The molecular weight excluding hydrogens is 380 g/mol. The van der Waals surface area contributed by atoms with Crippen LogP contribution < -0.4 is 9.47 Å². The third kappa shape index (κ3) is 4.57. The Bertz CT molecular complexity index is 1040. The zero-order valence-electron chi connectivity index (χ0n) is 17.2. The maximum atomic E-state index is 13.2. The molecule has 0 fully saturated rings. The summed E-state index contributed by atoms with van der Waals surface area (Å²) in [6.45, 7) is 10.3. The molecule has 0 saturated heterocycles. The smallest absolute Gasteiger partial charge is 0.338 e. The first-order chi connectivity index (χ1) is 14.3. The van der Waals surface area contributed by atoms with Crippen molar-refractivity contribution < 1.29 is 23.9 Å². The number of carbonyl (C=O) groups excluding carboxylic acids is 3. The molecule has 0 aromatic heterocycles. The first-order valence-corrected chi connectivity index (χ1v) is 9.83. The number of ether oxygens (including phenoxy) is 2. The van der Waals surface area contributed by atoms with Crippen molar-refractivity contribution in [2.45, 2.75) is 39.5 Å². The van der Waals surface area contributed by atoms with E-state index in [4.69, 9.17) is 9.47 Å². The van der Waals surface area contributed by atoms with E-state index in [2.05, 4.69) is 13.2 Å². The Hall–Kier alpha value is -3.47. The summed E-state index contributed by atoms with van der Waals surface area (Å²) in [7, 11) is 0. The zero-order chi connectivity index (χ0) is 21.8. The minimum atomic E-state index is -0.511.